The summed E-state index contributed by atoms with van der Waals surface area (Å²) in [5.74, 6) is -0.452. The lowest BCUT2D eigenvalue weighted by molar-refractivity contribution is -0.114. The maximum absolute atomic E-state index is 12.3. The Morgan fingerprint density at radius 3 is 2.35 bits per heavy atom. The van der Waals surface area contributed by atoms with Crippen molar-refractivity contribution >= 4 is 23.2 Å². The molecule has 0 atom stereocenters. The SMILES string of the molecule is CCc1ccc(NC(=O)c2ccc(C)cc2)cc1NC(=O)CN. The van der Waals surface area contributed by atoms with Crippen molar-refractivity contribution in [3.63, 3.8) is 0 Å². The molecule has 5 heteroatoms. The van der Waals surface area contributed by atoms with Crippen LogP contribution in [0.3, 0.4) is 0 Å². The molecule has 0 aliphatic rings. The van der Waals surface area contributed by atoms with Crippen LogP contribution in [-0.2, 0) is 11.2 Å². The molecule has 5 nitrogen and oxygen atoms in total. The van der Waals surface area contributed by atoms with E-state index in [0.717, 1.165) is 17.5 Å². The van der Waals surface area contributed by atoms with E-state index in [1.807, 2.05) is 38.1 Å². The van der Waals surface area contributed by atoms with Gasteiger partial charge in [0.25, 0.3) is 5.91 Å². The minimum absolute atomic E-state index is 0.0803. The Kier molecular flexibility index (Phi) is 5.49. The molecule has 0 aromatic heterocycles. The van der Waals surface area contributed by atoms with Gasteiger partial charge < -0.3 is 16.4 Å². The zero-order valence-electron chi connectivity index (χ0n) is 13.3. The van der Waals surface area contributed by atoms with Gasteiger partial charge in [-0.05, 0) is 43.2 Å². The lowest BCUT2D eigenvalue weighted by Crippen LogP contribution is -2.22. The first-order valence-corrected chi connectivity index (χ1v) is 7.54. The van der Waals surface area contributed by atoms with E-state index in [1.54, 1.807) is 18.2 Å². The van der Waals surface area contributed by atoms with E-state index >= 15 is 0 Å². The lowest BCUT2D eigenvalue weighted by atomic mass is 10.1. The molecule has 2 rings (SSSR count). The van der Waals surface area contributed by atoms with Gasteiger partial charge in [-0.1, -0.05) is 30.7 Å². The van der Waals surface area contributed by atoms with Crippen molar-refractivity contribution in [3.8, 4) is 0 Å². The van der Waals surface area contributed by atoms with Gasteiger partial charge in [0.1, 0.15) is 0 Å². The van der Waals surface area contributed by atoms with Crippen LogP contribution < -0.4 is 16.4 Å². The maximum Gasteiger partial charge on any atom is 0.255 e. The van der Waals surface area contributed by atoms with E-state index < -0.39 is 0 Å². The fourth-order valence-corrected chi connectivity index (χ4v) is 2.19. The average molecular weight is 311 g/mol. The third-order valence-electron chi connectivity index (χ3n) is 3.52. The zero-order valence-corrected chi connectivity index (χ0v) is 13.3. The van der Waals surface area contributed by atoms with E-state index in [1.165, 1.54) is 0 Å². The quantitative estimate of drug-likeness (QED) is 0.794. The van der Waals surface area contributed by atoms with Crippen LogP contribution in [0.5, 0.6) is 0 Å². The molecule has 2 amide bonds. The van der Waals surface area contributed by atoms with Gasteiger partial charge in [-0.15, -0.1) is 0 Å². The molecule has 0 saturated carbocycles. The van der Waals surface area contributed by atoms with Crippen molar-refractivity contribution in [1.29, 1.82) is 0 Å². The van der Waals surface area contributed by atoms with E-state index in [9.17, 15) is 9.59 Å². The summed E-state index contributed by atoms with van der Waals surface area (Å²) in [4.78, 5) is 23.8. The molecule has 120 valence electrons. The number of amides is 2. The van der Waals surface area contributed by atoms with Crippen LogP contribution >= 0.6 is 0 Å². The van der Waals surface area contributed by atoms with Gasteiger partial charge in [-0.2, -0.15) is 0 Å². The monoisotopic (exact) mass is 311 g/mol. The number of hydrogen-bond acceptors (Lipinski definition) is 3. The smallest absolute Gasteiger partial charge is 0.255 e. The maximum atomic E-state index is 12.3. The Morgan fingerprint density at radius 1 is 1.04 bits per heavy atom. The van der Waals surface area contributed by atoms with Crippen molar-refractivity contribution in [1.82, 2.24) is 0 Å². The third-order valence-corrected chi connectivity index (χ3v) is 3.52. The molecular weight excluding hydrogens is 290 g/mol. The fourth-order valence-electron chi connectivity index (χ4n) is 2.19. The molecule has 0 aliphatic heterocycles. The van der Waals surface area contributed by atoms with Gasteiger partial charge in [0.05, 0.1) is 6.54 Å². The molecule has 0 radical (unpaired) electrons. The molecule has 0 unspecified atom stereocenters. The number of carbonyl (C=O) groups is 2. The number of nitrogens with two attached hydrogens (primary N) is 1. The molecule has 2 aromatic rings. The summed E-state index contributed by atoms with van der Waals surface area (Å²) in [5, 5.41) is 5.60. The lowest BCUT2D eigenvalue weighted by Gasteiger charge is -2.12. The molecule has 4 N–H and O–H groups in total. The molecule has 0 saturated heterocycles. The van der Waals surface area contributed by atoms with Gasteiger partial charge in [-0.3, -0.25) is 9.59 Å². The number of carbonyl (C=O) groups excluding carboxylic acids is 2. The van der Waals surface area contributed by atoms with Crippen molar-refractivity contribution in [2.75, 3.05) is 17.2 Å². The molecule has 0 bridgehead atoms. The second-order valence-corrected chi connectivity index (χ2v) is 5.30. The zero-order chi connectivity index (χ0) is 16.8. The highest BCUT2D eigenvalue weighted by atomic mass is 16.2. The summed E-state index contributed by atoms with van der Waals surface area (Å²) >= 11 is 0. The number of rotatable bonds is 5. The van der Waals surface area contributed by atoms with Crippen LogP contribution in [0.25, 0.3) is 0 Å². The highest BCUT2D eigenvalue weighted by molar-refractivity contribution is 6.04. The van der Waals surface area contributed by atoms with E-state index in [-0.39, 0.29) is 18.4 Å². The van der Waals surface area contributed by atoms with Crippen LogP contribution in [0.15, 0.2) is 42.5 Å². The number of hydrogen-bond donors (Lipinski definition) is 3. The van der Waals surface area contributed by atoms with Crippen LogP contribution in [0.2, 0.25) is 0 Å². The summed E-state index contributed by atoms with van der Waals surface area (Å²) in [6.45, 7) is 3.89. The molecule has 0 fully saturated rings. The van der Waals surface area contributed by atoms with E-state index in [4.69, 9.17) is 5.73 Å². The predicted molar refractivity (Wildman–Crippen MR) is 92.6 cm³/mol. The molecular formula is C18H21N3O2. The predicted octanol–water partition coefficient (Wildman–Crippen LogP) is 2.71. The number of nitrogens with one attached hydrogen (secondary N) is 2. The summed E-state index contributed by atoms with van der Waals surface area (Å²) in [6, 6.07) is 12.8. The average Bonchev–Trinajstić information content (AvgIpc) is 2.55. The van der Waals surface area contributed by atoms with Gasteiger partial charge in [-0.25, -0.2) is 0 Å². The minimum Gasteiger partial charge on any atom is -0.325 e. The Balaban J connectivity index is 2.19. The Hall–Kier alpha value is -2.66. The van der Waals surface area contributed by atoms with E-state index in [0.29, 0.717) is 16.9 Å². The van der Waals surface area contributed by atoms with Crippen LogP contribution in [0.1, 0.15) is 28.4 Å². The summed E-state index contributed by atoms with van der Waals surface area (Å²) in [5.41, 5.74) is 9.30. The van der Waals surface area contributed by atoms with Gasteiger partial charge in [0.15, 0.2) is 0 Å². The summed E-state index contributed by atoms with van der Waals surface area (Å²) in [6.07, 6.45) is 0.770. The van der Waals surface area contributed by atoms with Crippen molar-refractivity contribution in [2.24, 2.45) is 5.73 Å². The minimum atomic E-state index is -0.262. The Morgan fingerprint density at radius 2 is 1.74 bits per heavy atom. The molecule has 0 spiro atoms. The van der Waals surface area contributed by atoms with Crippen molar-refractivity contribution in [2.45, 2.75) is 20.3 Å². The van der Waals surface area contributed by atoms with Crippen LogP contribution in [0.4, 0.5) is 11.4 Å². The van der Waals surface area contributed by atoms with Gasteiger partial charge >= 0.3 is 0 Å². The summed E-state index contributed by atoms with van der Waals surface area (Å²) < 4.78 is 0. The largest absolute Gasteiger partial charge is 0.325 e. The molecule has 2 aromatic carbocycles. The molecule has 0 heterocycles. The Bertz CT molecular complexity index is 709. The van der Waals surface area contributed by atoms with Crippen LogP contribution in [-0.4, -0.2) is 18.4 Å². The topological polar surface area (TPSA) is 84.2 Å². The van der Waals surface area contributed by atoms with Crippen molar-refractivity contribution in [3.05, 3.63) is 59.2 Å². The highest BCUT2D eigenvalue weighted by Gasteiger charge is 2.09. The first kappa shape index (κ1) is 16.7. The number of anilines is 2. The number of aryl methyl sites for hydroxylation is 2. The normalized spacial score (nSPS) is 10.2. The molecule has 0 aliphatic carbocycles. The second kappa shape index (κ2) is 7.56. The third kappa shape index (κ3) is 4.40. The highest BCUT2D eigenvalue weighted by Crippen LogP contribution is 2.22. The van der Waals surface area contributed by atoms with Crippen LogP contribution in [0, 0.1) is 6.92 Å². The Labute approximate surface area is 135 Å². The fraction of sp³-hybridized carbons (Fsp3) is 0.222. The molecule has 23 heavy (non-hydrogen) atoms. The standard InChI is InChI=1S/C18H21N3O2/c1-3-13-8-9-15(10-16(13)21-17(22)11-19)20-18(23)14-6-4-12(2)5-7-14/h4-10H,3,11,19H2,1-2H3,(H,20,23)(H,21,22). The first-order chi connectivity index (χ1) is 11.0. The first-order valence-electron chi connectivity index (χ1n) is 7.54. The van der Waals surface area contributed by atoms with Crippen molar-refractivity contribution < 1.29 is 9.59 Å². The van der Waals surface area contributed by atoms with Gasteiger partial charge in [0.2, 0.25) is 5.91 Å². The van der Waals surface area contributed by atoms with E-state index in [2.05, 4.69) is 10.6 Å². The number of benzene rings is 2. The second-order valence-electron chi connectivity index (χ2n) is 5.30. The van der Waals surface area contributed by atoms with Gasteiger partial charge in [0, 0.05) is 16.9 Å². The summed E-state index contributed by atoms with van der Waals surface area (Å²) in [7, 11) is 0.